The van der Waals surface area contributed by atoms with Gasteiger partial charge >= 0.3 is 0 Å². The Morgan fingerprint density at radius 2 is 2.05 bits per heavy atom. The number of aryl methyl sites for hydroxylation is 1. The third-order valence-electron chi connectivity index (χ3n) is 4.11. The average molecular weight is 277 g/mol. The lowest BCUT2D eigenvalue weighted by Gasteiger charge is -2.21. The number of aliphatic hydroxyl groups is 2. The molecule has 1 aliphatic carbocycles. The zero-order valence-electron chi connectivity index (χ0n) is 11.9. The standard InChI is InChI=1S/C16H23NO3/c1-2-11-6-8-12(9-7-11)14(10-18)17-16(20)13-4-3-5-15(13)19/h6-9,13-15,18-19H,2-5,10H2,1H3,(H,17,20). The molecule has 3 atom stereocenters. The fraction of sp³-hybridized carbons (Fsp3) is 0.562. The van der Waals surface area contributed by atoms with E-state index in [-0.39, 0.29) is 18.4 Å². The summed E-state index contributed by atoms with van der Waals surface area (Å²) in [4.78, 5) is 12.1. The molecule has 0 radical (unpaired) electrons. The van der Waals surface area contributed by atoms with E-state index >= 15 is 0 Å². The quantitative estimate of drug-likeness (QED) is 0.765. The predicted molar refractivity (Wildman–Crippen MR) is 77.1 cm³/mol. The van der Waals surface area contributed by atoms with Crippen LogP contribution in [0.15, 0.2) is 24.3 Å². The lowest BCUT2D eigenvalue weighted by Crippen LogP contribution is -2.38. The molecule has 4 heteroatoms. The molecular formula is C16H23NO3. The number of hydrogen-bond acceptors (Lipinski definition) is 3. The fourth-order valence-electron chi connectivity index (χ4n) is 2.75. The van der Waals surface area contributed by atoms with Crippen molar-refractivity contribution in [2.24, 2.45) is 5.92 Å². The van der Waals surface area contributed by atoms with Crippen molar-refractivity contribution >= 4 is 5.91 Å². The first-order chi connectivity index (χ1) is 9.65. The van der Waals surface area contributed by atoms with Crippen molar-refractivity contribution in [1.29, 1.82) is 0 Å². The minimum atomic E-state index is -0.545. The van der Waals surface area contributed by atoms with Crippen LogP contribution in [0.3, 0.4) is 0 Å². The summed E-state index contributed by atoms with van der Waals surface area (Å²) in [5.74, 6) is -0.493. The van der Waals surface area contributed by atoms with E-state index in [0.29, 0.717) is 6.42 Å². The Kier molecular flexibility index (Phi) is 5.15. The summed E-state index contributed by atoms with van der Waals surface area (Å²) < 4.78 is 0. The first-order valence-corrected chi connectivity index (χ1v) is 7.33. The largest absolute Gasteiger partial charge is 0.394 e. The maximum absolute atomic E-state index is 12.1. The van der Waals surface area contributed by atoms with Crippen molar-refractivity contribution in [2.75, 3.05) is 6.61 Å². The van der Waals surface area contributed by atoms with Gasteiger partial charge in [-0.3, -0.25) is 4.79 Å². The molecular weight excluding hydrogens is 254 g/mol. The van der Waals surface area contributed by atoms with Crippen LogP contribution in [0.2, 0.25) is 0 Å². The summed E-state index contributed by atoms with van der Waals surface area (Å²) in [6.07, 6.45) is 2.71. The van der Waals surface area contributed by atoms with E-state index in [4.69, 9.17) is 0 Å². The lowest BCUT2D eigenvalue weighted by molar-refractivity contribution is -0.128. The van der Waals surface area contributed by atoms with Crippen LogP contribution in [-0.4, -0.2) is 28.8 Å². The van der Waals surface area contributed by atoms with Crippen LogP contribution in [0.4, 0.5) is 0 Å². The van der Waals surface area contributed by atoms with E-state index in [1.807, 2.05) is 24.3 Å². The highest BCUT2D eigenvalue weighted by Gasteiger charge is 2.32. The van der Waals surface area contributed by atoms with Gasteiger partial charge in [-0.05, 0) is 36.8 Å². The summed E-state index contributed by atoms with van der Waals surface area (Å²) >= 11 is 0. The Morgan fingerprint density at radius 1 is 1.35 bits per heavy atom. The van der Waals surface area contributed by atoms with E-state index in [0.717, 1.165) is 24.8 Å². The van der Waals surface area contributed by atoms with Crippen molar-refractivity contribution < 1.29 is 15.0 Å². The van der Waals surface area contributed by atoms with Gasteiger partial charge in [-0.25, -0.2) is 0 Å². The number of benzene rings is 1. The van der Waals surface area contributed by atoms with Gasteiger partial charge in [-0.15, -0.1) is 0 Å². The molecule has 3 unspecified atom stereocenters. The van der Waals surface area contributed by atoms with E-state index in [9.17, 15) is 15.0 Å². The van der Waals surface area contributed by atoms with E-state index in [2.05, 4.69) is 12.2 Å². The SMILES string of the molecule is CCc1ccc(C(CO)NC(=O)C2CCCC2O)cc1. The molecule has 0 spiro atoms. The van der Waals surface area contributed by atoms with Gasteiger partial charge in [0.25, 0.3) is 0 Å². The summed E-state index contributed by atoms with van der Waals surface area (Å²) in [5.41, 5.74) is 2.12. The topological polar surface area (TPSA) is 69.6 Å². The molecule has 0 aromatic heterocycles. The fourth-order valence-corrected chi connectivity index (χ4v) is 2.75. The van der Waals surface area contributed by atoms with Gasteiger partial charge < -0.3 is 15.5 Å². The molecule has 0 heterocycles. The van der Waals surface area contributed by atoms with Crippen LogP contribution in [-0.2, 0) is 11.2 Å². The lowest BCUT2D eigenvalue weighted by atomic mass is 10.0. The third kappa shape index (κ3) is 3.38. The van der Waals surface area contributed by atoms with E-state index in [1.165, 1.54) is 5.56 Å². The average Bonchev–Trinajstić information content (AvgIpc) is 2.91. The molecule has 110 valence electrons. The summed E-state index contributed by atoms with van der Waals surface area (Å²) in [7, 11) is 0. The predicted octanol–water partition coefficient (Wildman–Crippen LogP) is 1.56. The maximum atomic E-state index is 12.1. The van der Waals surface area contributed by atoms with Crippen LogP contribution in [0.1, 0.15) is 43.4 Å². The molecule has 1 aliphatic rings. The van der Waals surface area contributed by atoms with Crippen LogP contribution in [0, 0.1) is 5.92 Å². The Balaban J connectivity index is 2.02. The monoisotopic (exact) mass is 277 g/mol. The number of amides is 1. The van der Waals surface area contributed by atoms with Crippen LogP contribution in [0.25, 0.3) is 0 Å². The van der Waals surface area contributed by atoms with Crippen LogP contribution < -0.4 is 5.32 Å². The maximum Gasteiger partial charge on any atom is 0.226 e. The Bertz CT molecular complexity index is 444. The van der Waals surface area contributed by atoms with Gasteiger partial charge in [0.2, 0.25) is 5.91 Å². The second-order valence-electron chi connectivity index (χ2n) is 5.44. The highest BCUT2D eigenvalue weighted by Crippen LogP contribution is 2.26. The molecule has 1 amide bonds. The summed E-state index contributed by atoms with van der Waals surface area (Å²) in [5, 5.41) is 22.1. The first kappa shape index (κ1) is 15.0. The van der Waals surface area contributed by atoms with Crippen LogP contribution in [0.5, 0.6) is 0 Å². The third-order valence-corrected chi connectivity index (χ3v) is 4.11. The van der Waals surface area contributed by atoms with Gasteiger partial charge in [0, 0.05) is 0 Å². The Hall–Kier alpha value is -1.39. The van der Waals surface area contributed by atoms with Gasteiger partial charge in [-0.1, -0.05) is 31.2 Å². The van der Waals surface area contributed by atoms with Crippen molar-refractivity contribution in [3.63, 3.8) is 0 Å². The molecule has 1 fully saturated rings. The van der Waals surface area contributed by atoms with Gasteiger partial charge in [0.15, 0.2) is 0 Å². The van der Waals surface area contributed by atoms with E-state index < -0.39 is 12.1 Å². The van der Waals surface area contributed by atoms with Gasteiger partial charge in [0.1, 0.15) is 0 Å². The zero-order valence-corrected chi connectivity index (χ0v) is 11.9. The number of carbonyl (C=O) groups excluding carboxylic acids is 1. The normalized spacial score (nSPS) is 23.6. The van der Waals surface area contributed by atoms with Gasteiger partial charge in [0.05, 0.1) is 24.7 Å². The van der Waals surface area contributed by atoms with Crippen molar-refractivity contribution in [1.82, 2.24) is 5.32 Å². The Morgan fingerprint density at radius 3 is 2.55 bits per heavy atom. The number of nitrogens with one attached hydrogen (secondary N) is 1. The highest BCUT2D eigenvalue weighted by molar-refractivity contribution is 5.80. The van der Waals surface area contributed by atoms with Gasteiger partial charge in [-0.2, -0.15) is 0 Å². The molecule has 1 aromatic rings. The first-order valence-electron chi connectivity index (χ1n) is 7.33. The second kappa shape index (κ2) is 6.86. The van der Waals surface area contributed by atoms with Crippen molar-refractivity contribution in [2.45, 2.75) is 44.8 Å². The minimum Gasteiger partial charge on any atom is -0.394 e. The van der Waals surface area contributed by atoms with Crippen molar-refractivity contribution in [3.05, 3.63) is 35.4 Å². The highest BCUT2D eigenvalue weighted by atomic mass is 16.3. The molecule has 0 saturated heterocycles. The molecule has 4 nitrogen and oxygen atoms in total. The number of rotatable bonds is 5. The Labute approximate surface area is 119 Å². The molecule has 1 aromatic carbocycles. The number of carbonyl (C=O) groups is 1. The second-order valence-corrected chi connectivity index (χ2v) is 5.44. The molecule has 0 aliphatic heterocycles. The van der Waals surface area contributed by atoms with Crippen LogP contribution >= 0.6 is 0 Å². The molecule has 1 saturated carbocycles. The molecule has 20 heavy (non-hydrogen) atoms. The smallest absolute Gasteiger partial charge is 0.226 e. The number of aliphatic hydroxyl groups excluding tert-OH is 2. The van der Waals surface area contributed by atoms with Crippen molar-refractivity contribution in [3.8, 4) is 0 Å². The molecule has 3 N–H and O–H groups in total. The summed E-state index contributed by atoms with van der Waals surface area (Å²) in [6, 6.07) is 7.49. The minimum absolute atomic E-state index is 0.139. The molecule has 2 rings (SSSR count). The zero-order chi connectivity index (χ0) is 14.5. The summed E-state index contributed by atoms with van der Waals surface area (Å²) in [6.45, 7) is 1.95. The molecule has 0 bridgehead atoms. The number of hydrogen-bond donors (Lipinski definition) is 3. The van der Waals surface area contributed by atoms with E-state index in [1.54, 1.807) is 0 Å².